The topological polar surface area (TPSA) is 100 Å². The lowest BCUT2D eigenvalue weighted by Gasteiger charge is -2.36. The number of fused-ring (bicyclic) bond motifs is 1. The maximum absolute atomic E-state index is 12.1. The van der Waals surface area contributed by atoms with Crippen molar-refractivity contribution in [2.75, 3.05) is 45.2 Å². The third-order valence-electron chi connectivity index (χ3n) is 5.31. The van der Waals surface area contributed by atoms with Gasteiger partial charge in [-0.3, -0.25) is 14.9 Å². The summed E-state index contributed by atoms with van der Waals surface area (Å²) in [6.45, 7) is 4.79. The fourth-order valence-corrected chi connectivity index (χ4v) is 3.52. The van der Waals surface area contributed by atoms with Crippen LogP contribution in [0.2, 0.25) is 0 Å². The summed E-state index contributed by atoms with van der Waals surface area (Å²) < 4.78 is 10.9. The number of hydrogen-bond donors (Lipinski definition) is 2. The molecular weight excluding hydrogens is 376 g/mol. The molecule has 1 aromatic rings. The van der Waals surface area contributed by atoms with Gasteiger partial charge < -0.3 is 24.6 Å². The average molecular weight is 404 g/mol. The minimum Gasteiger partial charge on any atom is -0.486 e. The first kappa shape index (κ1) is 20.9. The van der Waals surface area contributed by atoms with Crippen LogP contribution in [-0.2, 0) is 9.59 Å². The Morgan fingerprint density at radius 3 is 2.52 bits per heavy atom. The van der Waals surface area contributed by atoms with E-state index in [-0.39, 0.29) is 24.3 Å². The number of amides is 4. The second kappa shape index (κ2) is 9.60. The quantitative estimate of drug-likeness (QED) is 0.770. The highest BCUT2D eigenvalue weighted by Gasteiger charge is 2.24. The van der Waals surface area contributed by atoms with Crippen molar-refractivity contribution in [3.05, 3.63) is 18.2 Å². The molecule has 0 bridgehead atoms. The summed E-state index contributed by atoms with van der Waals surface area (Å²) >= 11 is 0. The van der Waals surface area contributed by atoms with Crippen LogP contribution in [0.4, 0.5) is 10.5 Å². The third kappa shape index (κ3) is 5.83. The van der Waals surface area contributed by atoms with E-state index >= 15 is 0 Å². The number of nitrogens with one attached hydrogen (secondary N) is 2. The van der Waals surface area contributed by atoms with Crippen LogP contribution < -0.4 is 20.1 Å². The predicted molar refractivity (Wildman–Crippen MR) is 107 cm³/mol. The summed E-state index contributed by atoms with van der Waals surface area (Å²) in [5.41, 5.74) is 0.524. The van der Waals surface area contributed by atoms with Gasteiger partial charge in [0, 0.05) is 57.8 Å². The van der Waals surface area contributed by atoms with E-state index < -0.39 is 6.03 Å². The van der Waals surface area contributed by atoms with Crippen molar-refractivity contribution in [3.8, 4) is 11.5 Å². The lowest BCUT2D eigenvalue weighted by atomic mass is 10.0. The molecule has 1 aromatic carbocycles. The van der Waals surface area contributed by atoms with Crippen LogP contribution in [0.1, 0.15) is 26.2 Å². The van der Waals surface area contributed by atoms with E-state index in [0.717, 1.165) is 25.9 Å². The van der Waals surface area contributed by atoms with Gasteiger partial charge in [-0.25, -0.2) is 4.79 Å². The molecule has 2 aliphatic heterocycles. The molecule has 1 saturated heterocycles. The van der Waals surface area contributed by atoms with Crippen molar-refractivity contribution in [3.63, 3.8) is 0 Å². The van der Waals surface area contributed by atoms with Gasteiger partial charge in [0.1, 0.15) is 13.2 Å². The molecule has 0 unspecified atom stereocenters. The summed E-state index contributed by atoms with van der Waals surface area (Å²) in [5, 5.41) is 4.98. The van der Waals surface area contributed by atoms with E-state index in [1.54, 1.807) is 30.0 Å². The number of imide groups is 1. The molecule has 4 amide bonds. The number of piperidine rings is 1. The smallest absolute Gasteiger partial charge is 0.325 e. The fourth-order valence-electron chi connectivity index (χ4n) is 3.52. The number of likely N-dealkylation sites (tertiary alicyclic amines) is 1. The summed E-state index contributed by atoms with van der Waals surface area (Å²) in [5.74, 6) is 0.950. The molecule has 2 aliphatic rings. The average Bonchev–Trinajstić information content (AvgIpc) is 2.72. The number of urea groups is 1. The van der Waals surface area contributed by atoms with Crippen LogP contribution in [0.15, 0.2) is 18.2 Å². The van der Waals surface area contributed by atoms with Crippen LogP contribution in [-0.4, -0.2) is 73.6 Å². The van der Waals surface area contributed by atoms with Gasteiger partial charge in [0.25, 0.3) is 0 Å². The van der Waals surface area contributed by atoms with Gasteiger partial charge in [0.2, 0.25) is 11.8 Å². The zero-order valence-corrected chi connectivity index (χ0v) is 16.9. The second-order valence-electron chi connectivity index (χ2n) is 7.31. The molecular formula is C20H28N4O5. The molecule has 1 fully saturated rings. The molecule has 29 heavy (non-hydrogen) atoms. The molecule has 0 atom stereocenters. The molecule has 2 heterocycles. The van der Waals surface area contributed by atoms with Gasteiger partial charge >= 0.3 is 6.03 Å². The molecule has 0 radical (unpaired) electrons. The number of ether oxygens (including phenoxy) is 2. The molecule has 2 N–H and O–H groups in total. The van der Waals surface area contributed by atoms with Crippen molar-refractivity contribution in [2.45, 2.75) is 32.2 Å². The van der Waals surface area contributed by atoms with Crippen LogP contribution in [0.25, 0.3) is 0 Å². The molecule has 0 aliphatic carbocycles. The molecule has 0 saturated carbocycles. The highest BCUT2D eigenvalue weighted by Crippen LogP contribution is 2.32. The summed E-state index contributed by atoms with van der Waals surface area (Å²) in [4.78, 5) is 39.6. The van der Waals surface area contributed by atoms with Crippen LogP contribution in [0.5, 0.6) is 11.5 Å². The highest BCUT2D eigenvalue weighted by molar-refractivity contribution is 6.01. The maximum Gasteiger partial charge on any atom is 0.325 e. The van der Waals surface area contributed by atoms with Crippen molar-refractivity contribution in [2.24, 2.45) is 0 Å². The zero-order valence-electron chi connectivity index (χ0n) is 16.9. The molecule has 158 valence electrons. The lowest BCUT2D eigenvalue weighted by Crippen LogP contribution is -2.45. The predicted octanol–water partition coefficient (Wildman–Crippen LogP) is 1.44. The first-order valence-corrected chi connectivity index (χ1v) is 9.88. The van der Waals surface area contributed by atoms with Gasteiger partial charge in [0.05, 0.1) is 0 Å². The van der Waals surface area contributed by atoms with Crippen molar-refractivity contribution in [1.29, 1.82) is 0 Å². The molecule has 3 rings (SSSR count). The largest absolute Gasteiger partial charge is 0.486 e. The van der Waals surface area contributed by atoms with Gasteiger partial charge in [0.15, 0.2) is 11.5 Å². The van der Waals surface area contributed by atoms with Crippen LogP contribution >= 0.6 is 0 Å². The number of benzene rings is 1. The Morgan fingerprint density at radius 1 is 1.14 bits per heavy atom. The van der Waals surface area contributed by atoms with E-state index in [1.165, 1.54) is 0 Å². The van der Waals surface area contributed by atoms with Crippen LogP contribution in [0, 0.1) is 0 Å². The summed E-state index contributed by atoms with van der Waals surface area (Å²) in [6.07, 6.45) is 2.02. The first-order chi connectivity index (χ1) is 13.9. The monoisotopic (exact) mass is 404 g/mol. The van der Waals surface area contributed by atoms with E-state index in [1.807, 2.05) is 7.05 Å². The Morgan fingerprint density at radius 2 is 1.83 bits per heavy atom. The Hall–Kier alpha value is -2.81. The Labute approximate surface area is 170 Å². The van der Waals surface area contributed by atoms with Gasteiger partial charge in [-0.1, -0.05) is 0 Å². The number of carbonyl (C=O) groups is 3. The van der Waals surface area contributed by atoms with E-state index in [4.69, 9.17) is 9.47 Å². The first-order valence-electron chi connectivity index (χ1n) is 9.88. The van der Waals surface area contributed by atoms with Crippen molar-refractivity contribution in [1.82, 2.24) is 15.1 Å². The SMILES string of the molecule is CC(=O)N(C)C1CCN(CCC(=O)NC(=O)Nc2ccc3c(c2)OCCO3)CC1. The molecule has 0 spiro atoms. The third-order valence-corrected chi connectivity index (χ3v) is 5.31. The Balaban J connectivity index is 1.37. The molecule has 0 aromatic heterocycles. The molecule has 9 nitrogen and oxygen atoms in total. The molecule has 9 heteroatoms. The van der Waals surface area contributed by atoms with Gasteiger partial charge in [-0.15, -0.1) is 0 Å². The number of carbonyl (C=O) groups excluding carboxylic acids is 3. The zero-order chi connectivity index (χ0) is 20.8. The van der Waals surface area contributed by atoms with Crippen molar-refractivity contribution >= 4 is 23.5 Å². The summed E-state index contributed by atoms with van der Waals surface area (Å²) in [7, 11) is 1.83. The number of nitrogens with zero attached hydrogens (tertiary/aromatic N) is 2. The van der Waals surface area contributed by atoms with Crippen LogP contribution in [0.3, 0.4) is 0 Å². The highest BCUT2D eigenvalue weighted by atomic mass is 16.6. The lowest BCUT2D eigenvalue weighted by molar-refractivity contribution is -0.130. The Kier molecular flexibility index (Phi) is 6.92. The minimum atomic E-state index is -0.575. The van der Waals surface area contributed by atoms with Crippen molar-refractivity contribution < 1.29 is 23.9 Å². The minimum absolute atomic E-state index is 0.0758. The standard InChI is InChI=1S/C20H28N4O5/c1-14(25)23(2)16-5-8-24(9-6-16)10-7-19(26)22-20(27)21-15-3-4-17-18(13-15)29-12-11-28-17/h3-4,13,16H,5-12H2,1-2H3,(H2,21,22,26,27). The summed E-state index contributed by atoms with van der Waals surface area (Å²) in [6, 6.07) is 4.77. The number of anilines is 1. The second-order valence-corrected chi connectivity index (χ2v) is 7.31. The van der Waals surface area contributed by atoms with Gasteiger partial charge in [-0.05, 0) is 25.0 Å². The normalized spacial score (nSPS) is 16.8. The van der Waals surface area contributed by atoms with E-state index in [9.17, 15) is 14.4 Å². The van der Waals surface area contributed by atoms with E-state index in [0.29, 0.717) is 36.9 Å². The number of rotatable bonds is 5. The van der Waals surface area contributed by atoms with Gasteiger partial charge in [-0.2, -0.15) is 0 Å². The van der Waals surface area contributed by atoms with E-state index in [2.05, 4.69) is 15.5 Å². The fraction of sp³-hybridized carbons (Fsp3) is 0.550. The Bertz CT molecular complexity index is 761. The number of hydrogen-bond acceptors (Lipinski definition) is 6. The maximum atomic E-state index is 12.1.